The third-order valence-corrected chi connectivity index (χ3v) is 5.30. The van der Waals surface area contributed by atoms with Gasteiger partial charge in [0.25, 0.3) is 11.8 Å². The average molecular weight is 398 g/mol. The van der Waals surface area contributed by atoms with Crippen molar-refractivity contribution in [1.29, 1.82) is 0 Å². The molecule has 1 aliphatic rings. The molecule has 1 aromatic carbocycles. The van der Waals surface area contributed by atoms with Crippen LogP contribution in [-0.4, -0.2) is 40.8 Å². The first-order valence-electron chi connectivity index (χ1n) is 9.21. The number of piperidine rings is 1. The summed E-state index contributed by atoms with van der Waals surface area (Å²) in [4.78, 5) is 31.5. The lowest BCUT2D eigenvalue weighted by Gasteiger charge is -2.32. The fourth-order valence-corrected chi connectivity index (χ4v) is 3.80. The van der Waals surface area contributed by atoms with Crippen molar-refractivity contribution in [2.45, 2.75) is 25.8 Å². The summed E-state index contributed by atoms with van der Waals surface area (Å²) in [5.41, 5.74) is 1.97. The van der Waals surface area contributed by atoms with Gasteiger partial charge in [-0.15, -0.1) is 0 Å². The largest absolute Gasteiger partial charge is 0.459 e. The van der Waals surface area contributed by atoms with Crippen LogP contribution in [0.15, 0.2) is 47.2 Å². The van der Waals surface area contributed by atoms with Gasteiger partial charge in [-0.2, -0.15) is 0 Å². The van der Waals surface area contributed by atoms with E-state index in [-0.39, 0.29) is 17.9 Å². The zero-order valence-electron chi connectivity index (χ0n) is 15.4. The summed E-state index contributed by atoms with van der Waals surface area (Å²) in [5.74, 6) is 0.0464. The molecule has 1 fully saturated rings. The summed E-state index contributed by atoms with van der Waals surface area (Å²) in [6.45, 7) is 2.95. The van der Waals surface area contributed by atoms with Crippen molar-refractivity contribution in [3.63, 3.8) is 0 Å². The predicted molar refractivity (Wildman–Crippen MR) is 107 cm³/mol. The summed E-state index contributed by atoms with van der Waals surface area (Å²) in [5, 5.41) is 4.35. The van der Waals surface area contributed by atoms with E-state index in [1.54, 1.807) is 29.3 Å². The Morgan fingerprint density at radius 3 is 2.75 bits per heavy atom. The molecule has 2 amide bonds. The smallest absolute Gasteiger partial charge is 0.287 e. The topological polar surface area (TPSA) is 75.4 Å². The predicted octanol–water partition coefficient (Wildman–Crippen LogP) is 3.82. The highest BCUT2D eigenvalue weighted by atomic mass is 35.5. The molecular weight excluding hydrogens is 378 g/mol. The quantitative estimate of drug-likeness (QED) is 0.728. The van der Waals surface area contributed by atoms with Gasteiger partial charge in [-0.05, 0) is 44.0 Å². The van der Waals surface area contributed by atoms with Crippen molar-refractivity contribution in [1.82, 2.24) is 15.2 Å². The summed E-state index contributed by atoms with van der Waals surface area (Å²) in [6, 6.07) is 8.96. The van der Waals surface area contributed by atoms with Gasteiger partial charge >= 0.3 is 0 Å². The number of aryl methyl sites for hydroxylation is 1. The third kappa shape index (κ3) is 3.60. The molecule has 2 aromatic heterocycles. The lowest BCUT2D eigenvalue weighted by molar-refractivity contribution is 0.0697. The van der Waals surface area contributed by atoms with Crippen LogP contribution in [0.25, 0.3) is 10.9 Å². The van der Waals surface area contributed by atoms with E-state index in [4.69, 9.17) is 16.0 Å². The van der Waals surface area contributed by atoms with Crippen molar-refractivity contribution in [2.24, 2.45) is 0 Å². The molecule has 0 spiro atoms. The van der Waals surface area contributed by atoms with E-state index in [0.29, 0.717) is 47.8 Å². The number of likely N-dealkylation sites (tertiary alicyclic amines) is 1. The molecule has 0 atom stereocenters. The molecule has 6 nitrogen and oxygen atoms in total. The third-order valence-electron chi connectivity index (χ3n) is 5.09. The molecule has 1 N–H and O–H groups in total. The maximum Gasteiger partial charge on any atom is 0.287 e. The highest BCUT2D eigenvalue weighted by Crippen LogP contribution is 2.25. The first-order valence-corrected chi connectivity index (χ1v) is 9.59. The van der Waals surface area contributed by atoms with Crippen LogP contribution < -0.4 is 5.32 Å². The van der Waals surface area contributed by atoms with Gasteiger partial charge in [-0.25, -0.2) is 0 Å². The summed E-state index contributed by atoms with van der Waals surface area (Å²) in [7, 11) is 0. The van der Waals surface area contributed by atoms with Gasteiger partial charge in [0.15, 0.2) is 5.76 Å². The number of amides is 2. The number of nitrogens with one attached hydrogen (secondary N) is 1. The summed E-state index contributed by atoms with van der Waals surface area (Å²) in [6.07, 6.45) is 4.55. The van der Waals surface area contributed by atoms with Gasteiger partial charge in [0, 0.05) is 41.3 Å². The first-order chi connectivity index (χ1) is 13.5. The second kappa shape index (κ2) is 7.64. The number of carbonyl (C=O) groups excluding carboxylic acids is 2. The monoisotopic (exact) mass is 397 g/mol. The molecule has 4 rings (SSSR count). The number of pyridine rings is 1. The minimum atomic E-state index is -0.211. The SMILES string of the molecule is Cc1ccoc1C(=O)NC1CCN(C(=O)c2cc(Cl)cc3cccnc23)CC1. The number of benzene rings is 1. The molecule has 1 aliphatic heterocycles. The standard InChI is InChI=1S/C21H20ClN3O3/c1-13-6-10-28-19(13)20(26)24-16-4-8-25(9-5-16)21(27)17-12-15(22)11-14-3-2-7-23-18(14)17/h2-3,6-7,10-12,16H,4-5,8-9H2,1H3,(H,24,26). The number of nitrogens with zero attached hydrogens (tertiary/aromatic N) is 2. The minimum absolute atomic E-state index is 0.00952. The summed E-state index contributed by atoms with van der Waals surface area (Å²) < 4.78 is 5.24. The summed E-state index contributed by atoms with van der Waals surface area (Å²) >= 11 is 6.19. The first kappa shape index (κ1) is 18.5. The fourth-order valence-electron chi connectivity index (χ4n) is 3.57. The van der Waals surface area contributed by atoms with E-state index >= 15 is 0 Å². The highest BCUT2D eigenvalue weighted by Gasteiger charge is 2.27. The number of furan rings is 1. The van der Waals surface area contributed by atoms with E-state index in [1.165, 1.54) is 6.26 Å². The lowest BCUT2D eigenvalue weighted by atomic mass is 10.0. The second-order valence-corrected chi connectivity index (χ2v) is 7.44. The van der Waals surface area contributed by atoms with Crippen molar-refractivity contribution in [2.75, 3.05) is 13.1 Å². The lowest BCUT2D eigenvalue weighted by Crippen LogP contribution is -2.46. The Labute approximate surface area is 167 Å². The van der Waals surface area contributed by atoms with Crippen LogP contribution in [-0.2, 0) is 0 Å². The zero-order valence-corrected chi connectivity index (χ0v) is 16.2. The van der Waals surface area contributed by atoms with Crippen LogP contribution in [0.1, 0.15) is 39.3 Å². The number of aromatic nitrogens is 1. The van der Waals surface area contributed by atoms with E-state index in [1.807, 2.05) is 19.1 Å². The molecule has 28 heavy (non-hydrogen) atoms. The van der Waals surface area contributed by atoms with Gasteiger partial charge < -0.3 is 14.6 Å². The molecule has 1 saturated heterocycles. The zero-order chi connectivity index (χ0) is 19.7. The molecule has 3 heterocycles. The molecule has 3 aromatic rings. The Hall–Kier alpha value is -2.86. The maximum atomic E-state index is 13.1. The molecule has 0 bridgehead atoms. The minimum Gasteiger partial charge on any atom is -0.459 e. The van der Waals surface area contributed by atoms with Gasteiger partial charge in [0.2, 0.25) is 0 Å². The molecule has 144 valence electrons. The van der Waals surface area contributed by atoms with Crippen LogP contribution in [0.2, 0.25) is 5.02 Å². The normalized spacial score (nSPS) is 15.0. The second-order valence-electron chi connectivity index (χ2n) is 7.00. The van der Waals surface area contributed by atoms with Crippen molar-refractivity contribution < 1.29 is 14.0 Å². The molecule has 0 aliphatic carbocycles. The Balaban J connectivity index is 1.44. The van der Waals surface area contributed by atoms with Crippen molar-refractivity contribution >= 4 is 34.3 Å². The Morgan fingerprint density at radius 1 is 1.25 bits per heavy atom. The number of hydrogen-bond acceptors (Lipinski definition) is 4. The van der Waals surface area contributed by atoms with E-state index < -0.39 is 0 Å². The van der Waals surface area contributed by atoms with Crippen LogP contribution in [0.5, 0.6) is 0 Å². The number of rotatable bonds is 3. The van der Waals surface area contributed by atoms with Crippen LogP contribution in [0.4, 0.5) is 0 Å². The number of hydrogen-bond donors (Lipinski definition) is 1. The van der Waals surface area contributed by atoms with Crippen molar-refractivity contribution in [3.05, 3.63) is 64.7 Å². The van der Waals surface area contributed by atoms with E-state index in [9.17, 15) is 9.59 Å². The number of halogens is 1. The van der Waals surface area contributed by atoms with Gasteiger partial charge in [-0.3, -0.25) is 14.6 Å². The molecule has 7 heteroatoms. The molecular formula is C21H20ClN3O3. The average Bonchev–Trinajstić information content (AvgIpc) is 3.13. The van der Waals surface area contributed by atoms with Crippen LogP contribution >= 0.6 is 11.6 Å². The van der Waals surface area contributed by atoms with E-state index in [0.717, 1.165) is 10.9 Å². The van der Waals surface area contributed by atoms with Crippen molar-refractivity contribution in [3.8, 4) is 0 Å². The number of fused-ring (bicyclic) bond motifs is 1. The number of carbonyl (C=O) groups is 2. The highest BCUT2D eigenvalue weighted by molar-refractivity contribution is 6.32. The Bertz CT molecular complexity index is 1040. The van der Waals surface area contributed by atoms with Gasteiger partial charge in [0.1, 0.15) is 0 Å². The van der Waals surface area contributed by atoms with Gasteiger partial charge in [-0.1, -0.05) is 17.7 Å². The fraction of sp³-hybridized carbons (Fsp3) is 0.286. The molecule has 0 saturated carbocycles. The Morgan fingerprint density at radius 2 is 2.04 bits per heavy atom. The maximum absolute atomic E-state index is 13.1. The van der Waals surface area contributed by atoms with Crippen LogP contribution in [0, 0.1) is 6.92 Å². The van der Waals surface area contributed by atoms with E-state index in [2.05, 4.69) is 10.3 Å². The van der Waals surface area contributed by atoms with Gasteiger partial charge in [0.05, 0.1) is 17.3 Å². The Kier molecular flexibility index (Phi) is 5.05. The molecule has 0 unspecified atom stereocenters. The molecule has 0 radical (unpaired) electrons. The van der Waals surface area contributed by atoms with Crippen LogP contribution in [0.3, 0.4) is 0 Å².